The Morgan fingerprint density at radius 3 is 1.23 bits per heavy atom. The number of rotatable bonds is 43. The third kappa shape index (κ3) is 47.2. The molecule has 0 aliphatic carbocycles. The molecule has 0 bridgehead atoms. The number of ether oxygens (including phenoxy) is 3. The zero-order chi connectivity index (χ0) is 44.4. The van der Waals surface area contributed by atoms with Gasteiger partial charge in [0.2, 0.25) is 0 Å². The van der Waals surface area contributed by atoms with Crippen LogP contribution in [0, 0.1) is 0 Å². The summed E-state index contributed by atoms with van der Waals surface area (Å²) in [5.74, 6) is -1.01. The lowest BCUT2D eigenvalue weighted by atomic mass is 10.1. The smallest absolute Gasteiger partial charge is 0.306 e. The van der Waals surface area contributed by atoms with E-state index in [1.807, 2.05) is 48.6 Å². The lowest BCUT2D eigenvalue weighted by Crippen LogP contribution is -2.30. The predicted molar refractivity (Wildman–Crippen MR) is 260 cm³/mol. The zero-order valence-electron chi connectivity index (χ0n) is 39.4. The molecule has 0 aliphatic rings. The number of carbonyl (C=O) groups is 3. The fourth-order valence-corrected chi connectivity index (χ4v) is 6.48. The van der Waals surface area contributed by atoms with Crippen molar-refractivity contribution >= 4 is 17.9 Å². The number of allylic oxidation sites excluding steroid dienone is 16. The van der Waals surface area contributed by atoms with Gasteiger partial charge < -0.3 is 14.2 Å². The molecule has 0 aromatic carbocycles. The highest BCUT2D eigenvalue weighted by atomic mass is 16.6. The van der Waals surface area contributed by atoms with Crippen molar-refractivity contribution < 1.29 is 28.6 Å². The molecule has 0 rings (SSSR count). The molecule has 6 nitrogen and oxygen atoms in total. The minimum Gasteiger partial charge on any atom is -0.462 e. The van der Waals surface area contributed by atoms with Crippen molar-refractivity contribution in [2.24, 2.45) is 0 Å². The fourth-order valence-electron chi connectivity index (χ4n) is 6.48. The standard InChI is InChI=1S/C55H90O6/c1-4-7-10-13-16-19-22-24-26-27-29-30-33-36-39-42-45-48-54(57)60-51-52(50-59-53(56)47-44-41-38-35-32-21-18-15-12-9-6-3)61-55(58)49-46-43-40-37-34-31-28-25-23-20-17-14-11-8-5-2/h8,11,14,17,20,23-26,28-31,34,36,39,52H,4-7,9-10,12-13,15-16,18-19,21-22,27,32-33,35,37-38,40-51H2,1-3H3/b11-8-,17-14-,23-20-,26-24-,28-25-,30-29-,34-31-,39-36-. The van der Waals surface area contributed by atoms with E-state index in [2.05, 4.69) is 69.4 Å². The van der Waals surface area contributed by atoms with Crippen LogP contribution in [0.5, 0.6) is 0 Å². The van der Waals surface area contributed by atoms with Gasteiger partial charge in [-0.2, -0.15) is 0 Å². The Labute approximate surface area is 375 Å². The van der Waals surface area contributed by atoms with Crippen LogP contribution in [0.4, 0.5) is 0 Å². The zero-order valence-corrected chi connectivity index (χ0v) is 39.4. The molecule has 1 unspecified atom stereocenters. The number of carbonyl (C=O) groups excluding carboxylic acids is 3. The van der Waals surface area contributed by atoms with Crippen molar-refractivity contribution in [3.8, 4) is 0 Å². The van der Waals surface area contributed by atoms with Gasteiger partial charge in [0, 0.05) is 19.3 Å². The quantitative estimate of drug-likeness (QED) is 0.0200. The molecule has 0 radical (unpaired) electrons. The molecule has 61 heavy (non-hydrogen) atoms. The second-order valence-electron chi connectivity index (χ2n) is 16.1. The molecule has 0 saturated carbocycles. The van der Waals surface area contributed by atoms with E-state index < -0.39 is 6.10 Å². The molecule has 0 saturated heterocycles. The second kappa shape index (κ2) is 49.0. The summed E-state index contributed by atoms with van der Waals surface area (Å²) in [6, 6.07) is 0. The van der Waals surface area contributed by atoms with Crippen molar-refractivity contribution in [1.29, 1.82) is 0 Å². The Bertz CT molecular complexity index is 1250. The Balaban J connectivity index is 4.54. The van der Waals surface area contributed by atoms with Crippen LogP contribution in [-0.4, -0.2) is 37.2 Å². The van der Waals surface area contributed by atoms with E-state index in [-0.39, 0.29) is 44.0 Å². The molecule has 1 atom stereocenters. The maximum atomic E-state index is 12.8. The van der Waals surface area contributed by atoms with E-state index in [1.165, 1.54) is 96.3 Å². The molecule has 0 aromatic heterocycles. The van der Waals surface area contributed by atoms with Crippen molar-refractivity contribution in [2.45, 2.75) is 219 Å². The molecule has 0 heterocycles. The summed E-state index contributed by atoms with van der Waals surface area (Å²) in [6.45, 7) is 6.38. The number of hydrogen-bond acceptors (Lipinski definition) is 6. The molecule has 0 spiro atoms. The lowest BCUT2D eigenvalue weighted by Gasteiger charge is -2.18. The molecule has 0 fully saturated rings. The van der Waals surface area contributed by atoms with Gasteiger partial charge >= 0.3 is 17.9 Å². The van der Waals surface area contributed by atoms with E-state index in [9.17, 15) is 14.4 Å². The highest BCUT2D eigenvalue weighted by molar-refractivity contribution is 5.71. The van der Waals surface area contributed by atoms with Crippen molar-refractivity contribution in [2.75, 3.05) is 13.2 Å². The summed E-state index contributed by atoms with van der Waals surface area (Å²) < 4.78 is 16.7. The van der Waals surface area contributed by atoms with Gasteiger partial charge in [-0.05, 0) is 70.6 Å². The predicted octanol–water partition coefficient (Wildman–Crippen LogP) is 16.2. The van der Waals surface area contributed by atoms with E-state index in [1.54, 1.807) is 0 Å². The van der Waals surface area contributed by atoms with Crippen LogP contribution in [0.2, 0.25) is 0 Å². The molecule has 0 N–H and O–H groups in total. The molecule has 0 aliphatic heterocycles. The summed E-state index contributed by atoms with van der Waals surface area (Å²) in [5, 5.41) is 0. The van der Waals surface area contributed by atoms with Gasteiger partial charge in [-0.3, -0.25) is 14.4 Å². The summed E-state index contributed by atoms with van der Waals surface area (Å²) in [7, 11) is 0. The highest BCUT2D eigenvalue weighted by Gasteiger charge is 2.19. The largest absolute Gasteiger partial charge is 0.462 e. The Hall–Kier alpha value is -3.67. The van der Waals surface area contributed by atoms with Crippen LogP contribution >= 0.6 is 0 Å². The van der Waals surface area contributed by atoms with E-state index in [0.29, 0.717) is 19.3 Å². The average Bonchev–Trinajstić information content (AvgIpc) is 3.26. The summed E-state index contributed by atoms with van der Waals surface area (Å²) in [5.41, 5.74) is 0. The van der Waals surface area contributed by atoms with Crippen LogP contribution in [0.1, 0.15) is 213 Å². The van der Waals surface area contributed by atoms with Crippen molar-refractivity contribution in [3.63, 3.8) is 0 Å². The molecular formula is C55H90O6. The van der Waals surface area contributed by atoms with Gasteiger partial charge in [-0.1, -0.05) is 221 Å². The van der Waals surface area contributed by atoms with Crippen LogP contribution < -0.4 is 0 Å². The number of esters is 3. The third-order valence-electron chi connectivity index (χ3n) is 10.2. The highest BCUT2D eigenvalue weighted by Crippen LogP contribution is 2.13. The van der Waals surface area contributed by atoms with Gasteiger partial charge in [0.05, 0.1) is 0 Å². The van der Waals surface area contributed by atoms with Gasteiger partial charge in [0.15, 0.2) is 6.10 Å². The summed E-state index contributed by atoms with van der Waals surface area (Å²) in [6.07, 6.45) is 63.9. The van der Waals surface area contributed by atoms with Gasteiger partial charge in [0.25, 0.3) is 0 Å². The Morgan fingerprint density at radius 2 is 0.721 bits per heavy atom. The lowest BCUT2D eigenvalue weighted by molar-refractivity contribution is -0.167. The molecule has 0 aromatic rings. The monoisotopic (exact) mass is 847 g/mol. The number of unbranched alkanes of at least 4 members (excludes halogenated alkanes) is 20. The topological polar surface area (TPSA) is 78.9 Å². The maximum absolute atomic E-state index is 12.8. The number of hydrogen-bond donors (Lipinski definition) is 0. The first-order valence-corrected chi connectivity index (χ1v) is 24.8. The minimum absolute atomic E-state index is 0.110. The SMILES string of the molecule is CC\C=C/C=C\C=C/C=C\C=C/CCCCCC(=O)OC(COC(=O)CCC/C=C\C/C=C\C/C=C\CCCCCCCC)COC(=O)CCCCCCCCCCCCC. The third-order valence-corrected chi connectivity index (χ3v) is 10.2. The molecule has 346 valence electrons. The summed E-state index contributed by atoms with van der Waals surface area (Å²) in [4.78, 5) is 37.9. The first-order valence-electron chi connectivity index (χ1n) is 24.8. The van der Waals surface area contributed by atoms with Crippen LogP contribution in [0.3, 0.4) is 0 Å². The first kappa shape index (κ1) is 57.3. The van der Waals surface area contributed by atoms with Gasteiger partial charge in [0.1, 0.15) is 13.2 Å². The van der Waals surface area contributed by atoms with Crippen molar-refractivity contribution in [3.05, 3.63) is 97.2 Å². The Kier molecular flexibility index (Phi) is 46.0. The van der Waals surface area contributed by atoms with Crippen LogP contribution in [0.15, 0.2) is 97.2 Å². The van der Waals surface area contributed by atoms with E-state index >= 15 is 0 Å². The minimum atomic E-state index is -0.818. The normalized spacial score (nSPS) is 12.9. The molecule has 6 heteroatoms. The van der Waals surface area contributed by atoms with Crippen molar-refractivity contribution in [1.82, 2.24) is 0 Å². The maximum Gasteiger partial charge on any atom is 0.306 e. The van der Waals surface area contributed by atoms with Crippen LogP contribution in [0.25, 0.3) is 0 Å². The first-order chi connectivity index (χ1) is 30.0. The van der Waals surface area contributed by atoms with Crippen LogP contribution in [-0.2, 0) is 28.6 Å². The van der Waals surface area contributed by atoms with E-state index in [0.717, 1.165) is 64.2 Å². The molecule has 0 amide bonds. The second-order valence-corrected chi connectivity index (χ2v) is 16.1. The van der Waals surface area contributed by atoms with Gasteiger partial charge in [-0.25, -0.2) is 0 Å². The summed E-state index contributed by atoms with van der Waals surface area (Å²) >= 11 is 0. The van der Waals surface area contributed by atoms with E-state index in [4.69, 9.17) is 14.2 Å². The Morgan fingerprint density at radius 1 is 0.361 bits per heavy atom. The molecular weight excluding hydrogens is 757 g/mol. The fraction of sp³-hybridized carbons (Fsp3) is 0.655. The van der Waals surface area contributed by atoms with Gasteiger partial charge in [-0.15, -0.1) is 0 Å². The average molecular weight is 847 g/mol.